The summed E-state index contributed by atoms with van der Waals surface area (Å²) < 4.78 is 14.9. The SMILES string of the molecule is COC(=O)CCCOc1cc(OC)ccc1C(=O)O. The van der Waals surface area contributed by atoms with Crippen LogP contribution >= 0.6 is 0 Å². The van der Waals surface area contributed by atoms with Gasteiger partial charge in [0.2, 0.25) is 0 Å². The first-order valence-corrected chi connectivity index (χ1v) is 5.69. The third kappa shape index (κ3) is 4.50. The first-order chi connectivity index (χ1) is 9.08. The Labute approximate surface area is 110 Å². The van der Waals surface area contributed by atoms with Crippen molar-refractivity contribution in [1.82, 2.24) is 0 Å². The number of hydrogen-bond donors (Lipinski definition) is 1. The molecule has 0 aliphatic heterocycles. The predicted molar refractivity (Wildman–Crippen MR) is 66.7 cm³/mol. The molecule has 0 unspecified atom stereocenters. The van der Waals surface area contributed by atoms with Gasteiger partial charge in [-0.2, -0.15) is 0 Å². The highest BCUT2D eigenvalue weighted by Gasteiger charge is 2.12. The van der Waals surface area contributed by atoms with Crippen molar-refractivity contribution in [2.24, 2.45) is 0 Å². The zero-order chi connectivity index (χ0) is 14.3. The Morgan fingerprint density at radius 1 is 1.26 bits per heavy atom. The van der Waals surface area contributed by atoms with Crippen molar-refractivity contribution >= 4 is 11.9 Å². The Bertz CT molecular complexity index is 454. The molecule has 0 atom stereocenters. The number of carboxylic acids is 1. The first-order valence-electron chi connectivity index (χ1n) is 5.69. The molecular formula is C13H16O6. The molecule has 0 aromatic heterocycles. The monoisotopic (exact) mass is 268 g/mol. The Morgan fingerprint density at radius 2 is 2.00 bits per heavy atom. The summed E-state index contributed by atoms with van der Waals surface area (Å²) in [4.78, 5) is 21.9. The van der Waals surface area contributed by atoms with E-state index in [1.54, 1.807) is 6.07 Å². The van der Waals surface area contributed by atoms with Crippen LogP contribution in [0.3, 0.4) is 0 Å². The number of carboxylic acid groups (broad SMARTS) is 1. The topological polar surface area (TPSA) is 82.1 Å². The number of hydrogen-bond acceptors (Lipinski definition) is 5. The van der Waals surface area contributed by atoms with Crippen LogP contribution in [-0.2, 0) is 9.53 Å². The fourth-order valence-electron chi connectivity index (χ4n) is 1.43. The standard InChI is InChI=1S/C13H16O6/c1-17-9-5-6-10(13(15)16)11(8-9)19-7-3-4-12(14)18-2/h5-6,8H,3-4,7H2,1-2H3,(H,15,16). The van der Waals surface area contributed by atoms with Crippen molar-refractivity contribution in [1.29, 1.82) is 0 Å². The van der Waals surface area contributed by atoms with Crippen LogP contribution in [0.2, 0.25) is 0 Å². The second-order valence-corrected chi connectivity index (χ2v) is 3.70. The molecule has 0 saturated heterocycles. The molecule has 19 heavy (non-hydrogen) atoms. The number of rotatable bonds is 7. The molecule has 1 N–H and O–H groups in total. The van der Waals surface area contributed by atoms with Gasteiger partial charge in [-0.15, -0.1) is 0 Å². The molecule has 0 bridgehead atoms. The van der Waals surface area contributed by atoms with Gasteiger partial charge in [-0.05, 0) is 18.6 Å². The predicted octanol–water partition coefficient (Wildman–Crippen LogP) is 1.73. The van der Waals surface area contributed by atoms with Crippen molar-refractivity contribution in [3.8, 4) is 11.5 Å². The molecular weight excluding hydrogens is 252 g/mol. The average molecular weight is 268 g/mol. The second kappa shape index (κ2) is 7.25. The largest absolute Gasteiger partial charge is 0.497 e. The van der Waals surface area contributed by atoms with Gasteiger partial charge < -0.3 is 19.3 Å². The van der Waals surface area contributed by atoms with E-state index in [1.165, 1.54) is 26.4 Å². The zero-order valence-electron chi connectivity index (χ0n) is 10.8. The number of esters is 1. The van der Waals surface area contributed by atoms with Crippen molar-refractivity contribution < 1.29 is 28.9 Å². The summed E-state index contributed by atoms with van der Waals surface area (Å²) in [6, 6.07) is 4.46. The fourth-order valence-corrected chi connectivity index (χ4v) is 1.43. The number of aromatic carboxylic acids is 1. The normalized spacial score (nSPS) is 9.79. The molecule has 1 aromatic carbocycles. The molecule has 0 heterocycles. The molecule has 0 fully saturated rings. The van der Waals surface area contributed by atoms with E-state index in [2.05, 4.69) is 4.74 Å². The first kappa shape index (κ1) is 14.8. The van der Waals surface area contributed by atoms with Gasteiger partial charge in [-0.25, -0.2) is 4.79 Å². The number of carbonyl (C=O) groups is 2. The quantitative estimate of drug-likeness (QED) is 0.599. The molecule has 0 spiro atoms. The highest BCUT2D eigenvalue weighted by atomic mass is 16.5. The smallest absolute Gasteiger partial charge is 0.339 e. The molecule has 0 aliphatic carbocycles. The highest BCUT2D eigenvalue weighted by molar-refractivity contribution is 5.91. The van der Waals surface area contributed by atoms with Gasteiger partial charge in [-0.3, -0.25) is 4.79 Å². The minimum atomic E-state index is -1.08. The maximum Gasteiger partial charge on any atom is 0.339 e. The lowest BCUT2D eigenvalue weighted by atomic mass is 10.2. The minimum Gasteiger partial charge on any atom is -0.497 e. The molecule has 0 amide bonds. The summed E-state index contributed by atoms with van der Waals surface area (Å²) >= 11 is 0. The van der Waals surface area contributed by atoms with E-state index in [0.29, 0.717) is 12.2 Å². The van der Waals surface area contributed by atoms with Crippen molar-refractivity contribution in [2.75, 3.05) is 20.8 Å². The Hall–Kier alpha value is -2.24. The molecule has 104 valence electrons. The second-order valence-electron chi connectivity index (χ2n) is 3.70. The number of ether oxygens (including phenoxy) is 3. The van der Waals surface area contributed by atoms with Crippen LogP contribution in [0.1, 0.15) is 23.2 Å². The van der Waals surface area contributed by atoms with Gasteiger partial charge in [0.25, 0.3) is 0 Å². The zero-order valence-corrected chi connectivity index (χ0v) is 10.8. The number of methoxy groups -OCH3 is 2. The highest BCUT2D eigenvalue weighted by Crippen LogP contribution is 2.25. The van der Waals surface area contributed by atoms with Crippen molar-refractivity contribution in [3.05, 3.63) is 23.8 Å². The van der Waals surface area contributed by atoms with Crippen LogP contribution in [0.15, 0.2) is 18.2 Å². The van der Waals surface area contributed by atoms with Gasteiger partial charge in [-0.1, -0.05) is 0 Å². The average Bonchev–Trinajstić information content (AvgIpc) is 2.42. The van der Waals surface area contributed by atoms with Crippen LogP contribution < -0.4 is 9.47 Å². The summed E-state index contributed by atoms with van der Waals surface area (Å²) in [6.07, 6.45) is 0.672. The molecule has 6 nitrogen and oxygen atoms in total. The molecule has 1 rings (SSSR count). The van der Waals surface area contributed by atoms with E-state index in [-0.39, 0.29) is 30.3 Å². The van der Waals surface area contributed by atoms with E-state index in [9.17, 15) is 9.59 Å². The lowest BCUT2D eigenvalue weighted by Crippen LogP contribution is -2.07. The molecule has 6 heteroatoms. The third-order valence-corrected chi connectivity index (χ3v) is 2.43. The summed E-state index contributed by atoms with van der Waals surface area (Å²) in [5.74, 6) is -0.678. The Balaban J connectivity index is 2.64. The van der Waals surface area contributed by atoms with Gasteiger partial charge in [0, 0.05) is 12.5 Å². The third-order valence-electron chi connectivity index (χ3n) is 2.43. The fraction of sp³-hybridized carbons (Fsp3) is 0.385. The lowest BCUT2D eigenvalue weighted by Gasteiger charge is -2.10. The van der Waals surface area contributed by atoms with Gasteiger partial charge in [0.1, 0.15) is 17.1 Å². The summed E-state index contributed by atoms with van der Waals surface area (Å²) in [6.45, 7) is 0.225. The van der Waals surface area contributed by atoms with E-state index in [1.807, 2.05) is 0 Å². The molecule has 0 saturated carbocycles. The maximum atomic E-state index is 11.0. The van der Waals surface area contributed by atoms with Gasteiger partial charge in [0.15, 0.2) is 0 Å². The maximum absolute atomic E-state index is 11.0. The van der Waals surface area contributed by atoms with Crippen molar-refractivity contribution in [2.45, 2.75) is 12.8 Å². The van der Waals surface area contributed by atoms with Crippen molar-refractivity contribution in [3.63, 3.8) is 0 Å². The molecule has 0 radical (unpaired) electrons. The number of benzene rings is 1. The van der Waals surface area contributed by atoms with Crippen LogP contribution in [0.4, 0.5) is 0 Å². The van der Waals surface area contributed by atoms with E-state index >= 15 is 0 Å². The summed E-state index contributed by atoms with van der Waals surface area (Å²) in [5, 5.41) is 9.02. The van der Waals surface area contributed by atoms with E-state index < -0.39 is 5.97 Å². The van der Waals surface area contributed by atoms with Crippen LogP contribution in [0, 0.1) is 0 Å². The van der Waals surface area contributed by atoms with Crippen LogP contribution in [0.5, 0.6) is 11.5 Å². The lowest BCUT2D eigenvalue weighted by molar-refractivity contribution is -0.140. The minimum absolute atomic E-state index is 0.0545. The Morgan fingerprint density at radius 3 is 2.58 bits per heavy atom. The number of carbonyl (C=O) groups excluding carboxylic acids is 1. The van der Waals surface area contributed by atoms with E-state index in [4.69, 9.17) is 14.6 Å². The summed E-state index contributed by atoms with van der Waals surface area (Å²) in [7, 11) is 2.80. The van der Waals surface area contributed by atoms with Gasteiger partial charge in [0.05, 0.1) is 20.8 Å². The Kier molecular flexibility index (Phi) is 5.66. The van der Waals surface area contributed by atoms with Gasteiger partial charge >= 0.3 is 11.9 Å². The van der Waals surface area contributed by atoms with Crippen LogP contribution in [-0.4, -0.2) is 37.9 Å². The molecule has 0 aliphatic rings. The van der Waals surface area contributed by atoms with Crippen LogP contribution in [0.25, 0.3) is 0 Å². The summed E-state index contributed by atoms with van der Waals surface area (Å²) in [5.41, 5.74) is 0.0545. The molecule has 1 aromatic rings. The van der Waals surface area contributed by atoms with E-state index in [0.717, 1.165) is 0 Å².